The third-order valence-electron chi connectivity index (χ3n) is 5.67. The fourth-order valence-electron chi connectivity index (χ4n) is 3.67. The highest BCUT2D eigenvalue weighted by Gasteiger charge is 2.14. The van der Waals surface area contributed by atoms with Crippen LogP contribution in [0.1, 0.15) is 99.9 Å². The molecule has 1 amide bonds. The van der Waals surface area contributed by atoms with E-state index in [0.29, 0.717) is 22.8 Å². The minimum atomic E-state index is -0.562. The van der Waals surface area contributed by atoms with E-state index in [0.717, 1.165) is 17.3 Å². The molecule has 35 heavy (non-hydrogen) atoms. The first-order valence-corrected chi connectivity index (χ1v) is 13.8. The quantitative estimate of drug-likeness (QED) is 0.0732. The molecule has 0 unspecified atom stereocenters. The summed E-state index contributed by atoms with van der Waals surface area (Å²) in [7, 11) is 0. The number of unbranched alkanes of at least 4 members (excludes halogenated alkanes) is 10. The lowest BCUT2D eigenvalue weighted by molar-refractivity contribution is -0.121. The lowest BCUT2D eigenvalue weighted by Crippen LogP contribution is -2.17. The van der Waals surface area contributed by atoms with E-state index in [4.69, 9.17) is 16.3 Å². The molecule has 0 radical (unpaired) electrons. The molecule has 0 atom stereocenters. The summed E-state index contributed by atoms with van der Waals surface area (Å²) >= 11 is 9.50. The smallest absolute Gasteiger partial charge is 0.345 e. The number of benzene rings is 2. The number of hydrogen-bond donors (Lipinski definition) is 1. The standard InChI is InChI=1S/C28H36BrClN2O3/c1-2-3-4-5-6-7-8-9-10-11-12-17-27(33)32-31-21-22-20-23(29)18-19-26(22)35-28(34)24-15-13-14-16-25(24)30/h13-16,18-21H,2-12,17H2,1H3,(H,32,33)/b31-21+. The van der Waals surface area contributed by atoms with Crippen LogP contribution in [0.3, 0.4) is 0 Å². The summed E-state index contributed by atoms with van der Waals surface area (Å²) in [6.45, 7) is 2.24. The number of carbonyl (C=O) groups is 2. The molecule has 0 aliphatic heterocycles. The number of hydrogen-bond acceptors (Lipinski definition) is 4. The Morgan fingerprint density at radius 2 is 1.57 bits per heavy atom. The molecule has 2 rings (SSSR count). The summed E-state index contributed by atoms with van der Waals surface area (Å²) in [4.78, 5) is 24.6. The van der Waals surface area contributed by atoms with Crippen LogP contribution in [0.5, 0.6) is 5.75 Å². The third kappa shape index (κ3) is 11.9. The van der Waals surface area contributed by atoms with E-state index in [-0.39, 0.29) is 11.5 Å². The molecular formula is C28H36BrClN2O3. The van der Waals surface area contributed by atoms with Crippen LogP contribution in [-0.4, -0.2) is 18.1 Å². The predicted octanol–water partition coefficient (Wildman–Crippen LogP) is 8.47. The Hall–Kier alpha value is -2.18. The molecule has 2 aromatic carbocycles. The average Bonchev–Trinajstić information content (AvgIpc) is 2.84. The van der Waals surface area contributed by atoms with E-state index >= 15 is 0 Å². The van der Waals surface area contributed by atoms with Crippen molar-refractivity contribution in [3.05, 3.63) is 63.1 Å². The van der Waals surface area contributed by atoms with Gasteiger partial charge in [-0.15, -0.1) is 0 Å². The first-order chi connectivity index (χ1) is 17.0. The van der Waals surface area contributed by atoms with Crippen molar-refractivity contribution in [2.45, 2.75) is 84.0 Å². The first-order valence-electron chi connectivity index (χ1n) is 12.6. The van der Waals surface area contributed by atoms with Crippen molar-refractivity contribution < 1.29 is 14.3 Å². The van der Waals surface area contributed by atoms with Gasteiger partial charge in [-0.05, 0) is 36.8 Å². The van der Waals surface area contributed by atoms with Crippen LogP contribution in [-0.2, 0) is 4.79 Å². The van der Waals surface area contributed by atoms with E-state index in [1.165, 1.54) is 64.0 Å². The summed E-state index contributed by atoms with van der Waals surface area (Å²) in [5.41, 5.74) is 3.39. The van der Waals surface area contributed by atoms with Crippen molar-refractivity contribution in [3.63, 3.8) is 0 Å². The van der Waals surface area contributed by atoms with Crippen molar-refractivity contribution in [1.29, 1.82) is 0 Å². The van der Waals surface area contributed by atoms with Crippen LogP contribution in [0.2, 0.25) is 5.02 Å². The van der Waals surface area contributed by atoms with Gasteiger partial charge in [-0.25, -0.2) is 10.2 Å². The topological polar surface area (TPSA) is 67.8 Å². The van der Waals surface area contributed by atoms with Crippen LogP contribution in [0.25, 0.3) is 0 Å². The molecule has 0 heterocycles. The summed E-state index contributed by atoms with van der Waals surface area (Å²) in [5, 5.41) is 4.37. The Bertz CT molecular complexity index is 965. The average molecular weight is 564 g/mol. The van der Waals surface area contributed by atoms with Gasteiger partial charge in [0.2, 0.25) is 5.91 Å². The zero-order chi connectivity index (χ0) is 25.3. The van der Waals surface area contributed by atoms with Crippen molar-refractivity contribution in [2.75, 3.05) is 0 Å². The number of rotatable bonds is 16. The fourth-order valence-corrected chi connectivity index (χ4v) is 4.27. The maximum Gasteiger partial charge on any atom is 0.345 e. The van der Waals surface area contributed by atoms with E-state index in [1.807, 2.05) is 0 Å². The molecule has 190 valence electrons. The first kappa shape index (κ1) is 29.1. The summed E-state index contributed by atoms with van der Waals surface area (Å²) in [5.74, 6) is -0.364. The fraction of sp³-hybridized carbons (Fsp3) is 0.464. The maximum absolute atomic E-state index is 12.5. The summed E-state index contributed by atoms with van der Waals surface area (Å²) in [6.07, 6.45) is 15.6. The van der Waals surface area contributed by atoms with Gasteiger partial charge >= 0.3 is 5.97 Å². The Labute approximate surface area is 222 Å². The highest BCUT2D eigenvalue weighted by Crippen LogP contribution is 2.24. The Morgan fingerprint density at radius 3 is 2.23 bits per heavy atom. The minimum absolute atomic E-state index is 0.123. The van der Waals surface area contributed by atoms with E-state index in [2.05, 4.69) is 33.4 Å². The van der Waals surface area contributed by atoms with Crippen LogP contribution < -0.4 is 10.2 Å². The number of nitrogens with zero attached hydrogens (tertiary/aromatic N) is 1. The van der Waals surface area contributed by atoms with Gasteiger partial charge < -0.3 is 4.74 Å². The molecule has 5 nitrogen and oxygen atoms in total. The predicted molar refractivity (Wildman–Crippen MR) is 147 cm³/mol. The van der Waals surface area contributed by atoms with Crippen LogP contribution in [0.4, 0.5) is 0 Å². The van der Waals surface area contributed by atoms with E-state index in [1.54, 1.807) is 42.5 Å². The maximum atomic E-state index is 12.5. The van der Waals surface area contributed by atoms with Gasteiger partial charge in [-0.1, -0.05) is 111 Å². The largest absolute Gasteiger partial charge is 0.422 e. The lowest BCUT2D eigenvalue weighted by Gasteiger charge is -2.09. The third-order valence-corrected chi connectivity index (χ3v) is 6.49. The molecule has 0 aromatic heterocycles. The van der Waals surface area contributed by atoms with E-state index in [9.17, 15) is 9.59 Å². The number of halogens is 2. The van der Waals surface area contributed by atoms with Crippen molar-refractivity contribution >= 4 is 45.6 Å². The van der Waals surface area contributed by atoms with Crippen molar-refractivity contribution in [3.8, 4) is 5.75 Å². The second-order valence-electron chi connectivity index (χ2n) is 8.63. The van der Waals surface area contributed by atoms with Gasteiger partial charge in [0.1, 0.15) is 5.75 Å². The van der Waals surface area contributed by atoms with Crippen LogP contribution in [0.15, 0.2) is 52.0 Å². The molecule has 0 fully saturated rings. The summed E-state index contributed by atoms with van der Waals surface area (Å²) < 4.78 is 6.32. The van der Waals surface area contributed by atoms with Crippen LogP contribution >= 0.6 is 27.5 Å². The highest BCUT2D eigenvalue weighted by molar-refractivity contribution is 9.10. The highest BCUT2D eigenvalue weighted by atomic mass is 79.9. The number of hydrazone groups is 1. The number of nitrogens with one attached hydrogen (secondary N) is 1. The molecule has 1 N–H and O–H groups in total. The molecule has 7 heteroatoms. The monoisotopic (exact) mass is 562 g/mol. The zero-order valence-electron chi connectivity index (χ0n) is 20.5. The lowest BCUT2D eigenvalue weighted by atomic mass is 10.1. The van der Waals surface area contributed by atoms with Gasteiger partial charge in [0.05, 0.1) is 16.8 Å². The normalized spacial score (nSPS) is 11.1. The van der Waals surface area contributed by atoms with Gasteiger partial charge in [0.15, 0.2) is 0 Å². The number of ether oxygens (including phenoxy) is 1. The van der Waals surface area contributed by atoms with E-state index < -0.39 is 5.97 Å². The van der Waals surface area contributed by atoms with Gasteiger partial charge in [0, 0.05) is 16.5 Å². The molecular weight excluding hydrogens is 528 g/mol. The van der Waals surface area contributed by atoms with Gasteiger partial charge in [-0.2, -0.15) is 5.10 Å². The number of esters is 1. The second kappa shape index (κ2) is 17.3. The molecule has 0 aliphatic rings. The van der Waals surface area contributed by atoms with Gasteiger partial charge in [-0.3, -0.25) is 4.79 Å². The summed E-state index contributed by atoms with van der Waals surface area (Å²) in [6, 6.07) is 11.9. The van der Waals surface area contributed by atoms with Crippen LogP contribution in [0, 0.1) is 0 Å². The minimum Gasteiger partial charge on any atom is -0.422 e. The van der Waals surface area contributed by atoms with Gasteiger partial charge in [0.25, 0.3) is 0 Å². The molecule has 0 saturated carbocycles. The molecule has 0 spiro atoms. The second-order valence-corrected chi connectivity index (χ2v) is 9.95. The Balaban J connectivity index is 1.71. The Kier molecular flexibility index (Phi) is 14.3. The SMILES string of the molecule is CCCCCCCCCCCCCC(=O)N/N=C/c1cc(Br)ccc1OC(=O)c1ccccc1Cl. The number of amides is 1. The molecule has 0 saturated heterocycles. The molecule has 0 bridgehead atoms. The number of carbonyl (C=O) groups excluding carboxylic acids is 2. The van der Waals surface area contributed by atoms with Crippen molar-refractivity contribution in [2.24, 2.45) is 5.10 Å². The zero-order valence-corrected chi connectivity index (χ0v) is 22.9. The Morgan fingerprint density at radius 1 is 0.943 bits per heavy atom. The molecule has 2 aromatic rings. The molecule has 0 aliphatic carbocycles. The van der Waals surface area contributed by atoms with Crippen molar-refractivity contribution in [1.82, 2.24) is 5.43 Å².